The van der Waals surface area contributed by atoms with Crippen molar-refractivity contribution in [1.82, 2.24) is 0 Å². The molecule has 1 aromatic rings. The van der Waals surface area contributed by atoms with Gasteiger partial charge in [-0.3, -0.25) is 0 Å². The molecule has 0 radical (unpaired) electrons. The number of hydrogen-bond donors (Lipinski definition) is 1. The highest BCUT2D eigenvalue weighted by Gasteiger charge is 2.30. The Morgan fingerprint density at radius 2 is 1.36 bits per heavy atom. The second kappa shape index (κ2) is 14.1. The fourth-order valence-electron chi connectivity index (χ4n) is 3.29. The minimum atomic E-state index is -0.436. The van der Waals surface area contributed by atoms with Crippen LogP contribution in [0.1, 0.15) is 78.6 Å². The Kier molecular flexibility index (Phi) is 12.4. The van der Waals surface area contributed by atoms with Crippen LogP contribution in [0.4, 0.5) is 5.69 Å². The Labute approximate surface area is 155 Å². The lowest BCUT2D eigenvalue weighted by Crippen LogP contribution is -2.38. The van der Waals surface area contributed by atoms with Crippen LogP contribution in [0.3, 0.4) is 0 Å². The summed E-state index contributed by atoms with van der Waals surface area (Å²) < 4.78 is 12.2. The highest BCUT2D eigenvalue weighted by Crippen LogP contribution is 2.26. The fourth-order valence-corrected chi connectivity index (χ4v) is 3.29. The van der Waals surface area contributed by atoms with E-state index in [4.69, 9.17) is 9.47 Å². The maximum Gasteiger partial charge on any atom is 0.169 e. The van der Waals surface area contributed by atoms with Crippen molar-refractivity contribution >= 4 is 5.69 Å². The summed E-state index contributed by atoms with van der Waals surface area (Å²) in [5, 5.41) is 3.48. The van der Waals surface area contributed by atoms with E-state index in [0.29, 0.717) is 13.2 Å². The van der Waals surface area contributed by atoms with E-state index in [1.165, 1.54) is 44.9 Å². The van der Waals surface area contributed by atoms with Gasteiger partial charge < -0.3 is 14.8 Å². The summed E-state index contributed by atoms with van der Waals surface area (Å²) in [7, 11) is 0. The lowest BCUT2D eigenvalue weighted by Gasteiger charge is -2.33. The van der Waals surface area contributed by atoms with Crippen LogP contribution >= 0.6 is 0 Å². The number of nitrogens with one attached hydrogen (secondary N) is 1. The van der Waals surface area contributed by atoms with Crippen molar-refractivity contribution in [2.75, 3.05) is 25.1 Å². The van der Waals surface area contributed by atoms with Gasteiger partial charge in [-0.25, -0.2) is 0 Å². The lowest BCUT2D eigenvalue weighted by molar-refractivity contribution is -0.239. The Hall–Kier alpha value is -1.06. The standard InChI is InChI=1S/C22H39NO2/c1-4-7-8-9-10-11-15-18-22(24-5-2,25-6-3)19-20-23-21-16-13-12-14-17-21/h12-14,16-17,23H,4-11,15,18-20H2,1-3H3. The van der Waals surface area contributed by atoms with Gasteiger partial charge in [-0.1, -0.05) is 63.6 Å². The highest BCUT2D eigenvalue weighted by atomic mass is 16.7. The molecule has 144 valence electrons. The van der Waals surface area contributed by atoms with Crippen LogP contribution in [0, 0.1) is 0 Å². The average molecular weight is 350 g/mol. The van der Waals surface area contributed by atoms with Crippen molar-refractivity contribution in [3.63, 3.8) is 0 Å². The van der Waals surface area contributed by atoms with Crippen molar-refractivity contribution in [2.24, 2.45) is 0 Å². The van der Waals surface area contributed by atoms with Gasteiger partial charge in [-0.2, -0.15) is 0 Å². The quantitative estimate of drug-likeness (QED) is 0.277. The van der Waals surface area contributed by atoms with Crippen molar-refractivity contribution in [3.8, 4) is 0 Å². The molecule has 0 bridgehead atoms. The number of rotatable bonds is 16. The minimum absolute atomic E-state index is 0.436. The average Bonchev–Trinajstić information content (AvgIpc) is 2.62. The van der Waals surface area contributed by atoms with Crippen LogP contribution in [0.2, 0.25) is 0 Å². The van der Waals surface area contributed by atoms with Crippen molar-refractivity contribution in [3.05, 3.63) is 30.3 Å². The summed E-state index contributed by atoms with van der Waals surface area (Å²) in [6, 6.07) is 10.3. The van der Waals surface area contributed by atoms with Gasteiger partial charge in [0.05, 0.1) is 0 Å². The first-order chi connectivity index (χ1) is 12.3. The first-order valence-electron chi connectivity index (χ1n) is 10.3. The van der Waals surface area contributed by atoms with E-state index in [9.17, 15) is 0 Å². The lowest BCUT2D eigenvalue weighted by atomic mass is 10.0. The summed E-state index contributed by atoms with van der Waals surface area (Å²) in [5.74, 6) is -0.436. The Morgan fingerprint density at radius 3 is 1.96 bits per heavy atom. The Balaban J connectivity index is 2.40. The van der Waals surface area contributed by atoms with Gasteiger partial charge >= 0.3 is 0 Å². The summed E-state index contributed by atoms with van der Waals surface area (Å²) in [5.41, 5.74) is 1.15. The van der Waals surface area contributed by atoms with Crippen molar-refractivity contribution in [2.45, 2.75) is 84.3 Å². The van der Waals surface area contributed by atoms with Crippen LogP contribution in [0.15, 0.2) is 30.3 Å². The zero-order valence-corrected chi connectivity index (χ0v) is 16.7. The first kappa shape index (κ1) is 22.0. The van der Waals surface area contributed by atoms with Crippen LogP contribution in [0.5, 0.6) is 0 Å². The van der Waals surface area contributed by atoms with E-state index >= 15 is 0 Å². The minimum Gasteiger partial charge on any atom is -0.385 e. The third kappa shape index (κ3) is 9.86. The molecule has 25 heavy (non-hydrogen) atoms. The number of ether oxygens (including phenoxy) is 2. The molecule has 0 fully saturated rings. The van der Waals surface area contributed by atoms with Gasteiger partial charge in [0.1, 0.15) is 0 Å². The molecule has 1 N–H and O–H groups in total. The van der Waals surface area contributed by atoms with Crippen LogP contribution < -0.4 is 5.32 Å². The number of para-hydroxylation sites is 1. The van der Waals surface area contributed by atoms with Crippen LogP contribution in [-0.2, 0) is 9.47 Å². The molecule has 0 spiro atoms. The molecule has 0 atom stereocenters. The third-order valence-corrected chi connectivity index (χ3v) is 4.58. The largest absolute Gasteiger partial charge is 0.385 e. The number of benzene rings is 1. The first-order valence-corrected chi connectivity index (χ1v) is 10.3. The summed E-state index contributed by atoms with van der Waals surface area (Å²) >= 11 is 0. The van der Waals surface area contributed by atoms with E-state index in [-0.39, 0.29) is 0 Å². The molecule has 0 saturated carbocycles. The maximum atomic E-state index is 6.09. The van der Waals surface area contributed by atoms with E-state index in [1.54, 1.807) is 0 Å². The molecule has 0 aromatic heterocycles. The molecule has 0 aliphatic heterocycles. The van der Waals surface area contributed by atoms with E-state index < -0.39 is 5.79 Å². The number of unbranched alkanes of at least 4 members (excludes halogenated alkanes) is 6. The zero-order chi connectivity index (χ0) is 18.2. The van der Waals surface area contributed by atoms with E-state index in [2.05, 4.69) is 50.4 Å². The molecule has 1 rings (SSSR count). The van der Waals surface area contributed by atoms with Crippen LogP contribution in [-0.4, -0.2) is 25.5 Å². The van der Waals surface area contributed by atoms with Gasteiger partial charge in [0.15, 0.2) is 5.79 Å². The number of anilines is 1. The predicted molar refractivity (Wildman–Crippen MR) is 108 cm³/mol. The molecule has 0 amide bonds. The topological polar surface area (TPSA) is 30.5 Å². The van der Waals surface area contributed by atoms with E-state index in [1.807, 2.05) is 6.07 Å². The molecule has 3 nitrogen and oxygen atoms in total. The van der Waals surface area contributed by atoms with Gasteiger partial charge in [0.25, 0.3) is 0 Å². The summed E-state index contributed by atoms with van der Waals surface area (Å²) in [6.07, 6.45) is 11.1. The molecule has 3 heteroatoms. The predicted octanol–water partition coefficient (Wildman–Crippen LogP) is 6.40. The normalized spacial score (nSPS) is 11.6. The molecule has 0 aliphatic rings. The van der Waals surface area contributed by atoms with Gasteiger partial charge in [0.2, 0.25) is 0 Å². The third-order valence-electron chi connectivity index (χ3n) is 4.58. The van der Waals surface area contributed by atoms with Gasteiger partial charge in [-0.15, -0.1) is 0 Å². The smallest absolute Gasteiger partial charge is 0.169 e. The SMILES string of the molecule is CCCCCCCCCC(CCNc1ccccc1)(OCC)OCC. The van der Waals surface area contributed by atoms with Crippen molar-refractivity contribution in [1.29, 1.82) is 0 Å². The molecule has 0 unspecified atom stereocenters. The zero-order valence-electron chi connectivity index (χ0n) is 16.7. The monoisotopic (exact) mass is 349 g/mol. The molecule has 0 saturated heterocycles. The molecular formula is C22H39NO2. The molecule has 1 aromatic carbocycles. The molecule has 0 heterocycles. The van der Waals surface area contributed by atoms with Crippen LogP contribution in [0.25, 0.3) is 0 Å². The maximum absolute atomic E-state index is 6.09. The van der Waals surface area contributed by atoms with Crippen molar-refractivity contribution < 1.29 is 9.47 Å². The number of hydrogen-bond acceptors (Lipinski definition) is 3. The molecular weight excluding hydrogens is 310 g/mol. The Morgan fingerprint density at radius 1 is 0.760 bits per heavy atom. The second-order valence-corrected chi connectivity index (χ2v) is 6.69. The van der Waals surface area contributed by atoms with Gasteiger partial charge in [0, 0.05) is 38.3 Å². The molecule has 0 aliphatic carbocycles. The Bertz CT molecular complexity index is 402. The van der Waals surface area contributed by atoms with E-state index in [0.717, 1.165) is 25.1 Å². The fraction of sp³-hybridized carbons (Fsp3) is 0.727. The summed E-state index contributed by atoms with van der Waals surface area (Å²) in [4.78, 5) is 0. The van der Waals surface area contributed by atoms with Gasteiger partial charge in [-0.05, 0) is 32.4 Å². The second-order valence-electron chi connectivity index (χ2n) is 6.69. The highest BCUT2D eigenvalue weighted by molar-refractivity contribution is 5.42. The summed E-state index contributed by atoms with van der Waals surface area (Å²) in [6.45, 7) is 8.64.